The van der Waals surface area contributed by atoms with Crippen LogP contribution in [0.2, 0.25) is 5.28 Å². The van der Waals surface area contributed by atoms with E-state index in [-0.39, 0.29) is 11.3 Å². The van der Waals surface area contributed by atoms with Crippen molar-refractivity contribution < 1.29 is 4.74 Å². The molecule has 2 rings (SSSR count). The van der Waals surface area contributed by atoms with Crippen molar-refractivity contribution in [2.45, 2.75) is 6.92 Å². The molecular formula is C10H7ClN3O. The molecule has 1 radical (unpaired) electrons. The molecule has 0 spiro atoms. The average Bonchev–Trinajstić information content (AvgIpc) is 2.22. The topological polar surface area (TPSA) is 47.9 Å². The Morgan fingerprint density at radius 1 is 1.20 bits per heavy atom. The minimum absolute atomic E-state index is 0.0621. The molecule has 0 unspecified atom stereocenters. The lowest BCUT2D eigenvalue weighted by atomic mass is 10.2. The Morgan fingerprint density at radius 3 is 2.60 bits per heavy atom. The molecule has 0 atom stereocenters. The van der Waals surface area contributed by atoms with Crippen LogP contribution >= 0.6 is 11.6 Å². The highest BCUT2D eigenvalue weighted by atomic mass is 35.5. The summed E-state index contributed by atoms with van der Waals surface area (Å²) in [5.41, 5.74) is 1.16. The standard InChI is InChI=1S/C10H7ClN3O/c1-7-2-4-8(5-3-7)15-10-13-6-12-9(11)14-10/h2-5H,1H3. The molecule has 5 heteroatoms. The van der Waals surface area contributed by atoms with Crippen LogP contribution in [0.3, 0.4) is 0 Å². The van der Waals surface area contributed by atoms with Gasteiger partial charge in [-0.05, 0) is 30.7 Å². The summed E-state index contributed by atoms with van der Waals surface area (Å²) >= 11 is 5.56. The molecule has 1 aromatic heterocycles. The number of benzene rings is 1. The van der Waals surface area contributed by atoms with E-state index in [1.54, 1.807) is 0 Å². The van der Waals surface area contributed by atoms with Gasteiger partial charge in [-0.3, -0.25) is 0 Å². The fraction of sp³-hybridized carbons (Fsp3) is 0.100. The van der Waals surface area contributed by atoms with Crippen molar-refractivity contribution in [2.75, 3.05) is 0 Å². The van der Waals surface area contributed by atoms with E-state index in [4.69, 9.17) is 16.3 Å². The molecule has 2 aromatic rings. The van der Waals surface area contributed by atoms with E-state index < -0.39 is 0 Å². The second-order valence-corrected chi connectivity index (χ2v) is 3.24. The number of ether oxygens (including phenoxy) is 1. The summed E-state index contributed by atoms with van der Waals surface area (Å²) in [5.74, 6) is 0.649. The molecule has 4 nitrogen and oxygen atoms in total. The summed E-state index contributed by atoms with van der Waals surface area (Å²) in [6.07, 6.45) is 2.34. The maximum Gasteiger partial charge on any atom is 0.326 e. The van der Waals surface area contributed by atoms with Crippen molar-refractivity contribution in [1.82, 2.24) is 15.0 Å². The summed E-state index contributed by atoms with van der Waals surface area (Å²) < 4.78 is 5.34. The highest BCUT2D eigenvalue weighted by molar-refractivity contribution is 6.28. The molecule has 75 valence electrons. The Hall–Kier alpha value is -1.68. The fourth-order valence-electron chi connectivity index (χ4n) is 0.995. The molecule has 0 aliphatic rings. The number of rotatable bonds is 2. The minimum Gasteiger partial charge on any atom is -0.424 e. The quantitative estimate of drug-likeness (QED) is 0.780. The number of hydrogen-bond acceptors (Lipinski definition) is 4. The van der Waals surface area contributed by atoms with E-state index in [0.29, 0.717) is 5.75 Å². The van der Waals surface area contributed by atoms with Gasteiger partial charge in [0.25, 0.3) is 0 Å². The second kappa shape index (κ2) is 4.23. The number of nitrogens with zero attached hydrogens (tertiary/aromatic N) is 3. The van der Waals surface area contributed by atoms with Gasteiger partial charge in [-0.1, -0.05) is 17.7 Å². The Bertz CT molecular complexity index is 458. The van der Waals surface area contributed by atoms with Gasteiger partial charge in [-0.15, -0.1) is 0 Å². The normalized spacial score (nSPS) is 10.0. The van der Waals surface area contributed by atoms with Crippen molar-refractivity contribution in [1.29, 1.82) is 0 Å². The van der Waals surface area contributed by atoms with E-state index in [1.807, 2.05) is 31.2 Å². The molecule has 0 amide bonds. The molecule has 0 fully saturated rings. The number of halogens is 1. The van der Waals surface area contributed by atoms with Crippen LogP contribution in [0.25, 0.3) is 0 Å². The first-order valence-electron chi connectivity index (χ1n) is 4.26. The van der Waals surface area contributed by atoms with Crippen LogP contribution in [0.1, 0.15) is 5.56 Å². The maximum absolute atomic E-state index is 5.56. The third-order valence-corrected chi connectivity index (χ3v) is 1.87. The van der Waals surface area contributed by atoms with Crippen LogP contribution in [-0.2, 0) is 0 Å². The zero-order valence-corrected chi connectivity index (χ0v) is 8.69. The molecule has 0 aliphatic carbocycles. The van der Waals surface area contributed by atoms with E-state index in [1.165, 1.54) is 0 Å². The third kappa shape index (κ3) is 2.63. The Balaban J connectivity index is 2.18. The van der Waals surface area contributed by atoms with Crippen molar-refractivity contribution in [3.63, 3.8) is 0 Å². The molecule has 0 saturated carbocycles. The van der Waals surface area contributed by atoms with Crippen LogP contribution < -0.4 is 4.74 Å². The molecule has 1 aromatic carbocycles. The predicted molar refractivity (Wildman–Crippen MR) is 54.9 cm³/mol. The van der Waals surface area contributed by atoms with Gasteiger partial charge >= 0.3 is 6.01 Å². The summed E-state index contributed by atoms with van der Waals surface area (Å²) in [4.78, 5) is 11.0. The van der Waals surface area contributed by atoms with Crippen LogP contribution in [0, 0.1) is 13.3 Å². The Morgan fingerprint density at radius 2 is 1.93 bits per heavy atom. The SMILES string of the molecule is Cc1ccc(Oc2n[c]nc(Cl)n2)cc1. The highest BCUT2D eigenvalue weighted by Gasteiger charge is 2.01. The van der Waals surface area contributed by atoms with Crippen molar-refractivity contribution in [2.24, 2.45) is 0 Å². The molecule has 0 aliphatic heterocycles. The first kappa shape index (κ1) is 9.86. The maximum atomic E-state index is 5.56. The van der Waals surface area contributed by atoms with Gasteiger partial charge in [-0.25, -0.2) is 0 Å². The van der Waals surface area contributed by atoms with Crippen LogP contribution in [-0.4, -0.2) is 15.0 Å². The zero-order valence-electron chi connectivity index (χ0n) is 7.94. The number of aryl methyl sites for hydroxylation is 1. The summed E-state index contributed by atoms with van der Waals surface area (Å²) in [6.45, 7) is 2.00. The second-order valence-electron chi connectivity index (χ2n) is 2.90. The van der Waals surface area contributed by atoms with E-state index in [0.717, 1.165) is 5.56 Å². The van der Waals surface area contributed by atoms with Crippen molar-refractivity contribution in [3.05, 3.63) is 41.4 Å². The van der Waals surface area contributed by atoms with Crippen LogP contribution in [0.5, 0.6) is 11.8 Å². The third-order valence-electron chi connectivity index (χ3n) is 1.71. The largest absolute Gasteiger partial charge is 0.424 e. The van der Waals surface area contributed by atoms with Gasteiger partial charge in [0.15, 0.2) is 0 Å². The summed E-state index contributed by atoms with van der Waals surface area (Å²) in [5, 5.41) is 0.0621. The summed E-state index contributed by atoms with van der Waals surface area (Å²) in [7, 11) is 0. The molecule has 1 heterocycles. The van der Waals surface area contributed by atoms with Gasteiger partial charge in [0.05, 0.1) is 0 Å². The molecule has 15 heavy (non-hydrogen) atoms. The van der Waals surface area contributed by atoms with Crippen LogP contribution in [0.4, 0.5) is 0 Å². The Kier molecular flexibility index (Phi) is 2.78. The fourth-order valence-corrected chi connectivity index (χ4v) is 1.11. The summed E-state index contributed by atoms with van der Waals surface area (Å²) in [6, 6.07) is 7.66. The van der Waals surface area contributed by atoms with E-state index in [2.05, 4.69) is 21.3 Å². The van der Waals surface area contributed by atoms with Gasteiger partial charge in [0.2, 0.25) is 11.6 Å². The van der Waals surface area contributed by atoms with Crippen molar-refractivity contribution >= 4 is 11.6 Å². The lowest BCUT2D eigenvalue weighted by Gasteiger charge is -2.02. The molecule has 0 saturated heterocycles. The van der Waals surface area contributed by atoms with Crippen molar-refractivity contribution in [3.8, 4) is 11.8 Å². The van der Waals surface area contributed by atoms with Gasteiger partial charge in [0.1, 0.15) is 5.75 Å². The molecule has 0 bridgehead atoms. The Labute approximate surface area is 91.9 Å². The van der Waals surface area contributed by atoms with Gasteiger partial charge < -0.3 is 4.74 Å². The lowest BCUT2D eigenvalue weighted by molar-refractivity contribution is 0.438. The molecule has 0 N–H and O–H groups in total. The smallest absolute Gasteiger partial charge is 0.326 e. The average molecular weight is 221 g/mol. The monoisotopic (exact) mass is 220 g/mol. The van der Waals surface area contributed by atoms with Gasteiger partial charge in [-0.2, -0.15) is 15.0 Å². The van der Waals surface area contributed by atoms with E-state index >= 15 is 0 Å². The van der Waals surface area contributed by atoms with Crippen LogP contribution in [0.15, 0.2) is 24.3 Å². The predicted octanol–water partition coefficient (Wildman–Crippen LogP) is 2.43. The van der Waals surface area contributed by atoms with Gasteiger partial charge in [0, 0.05) is 0 Å². The first-order valence-corrected chi connectivity index (χ1v) is 4.64. The molecular weight excluding hydrogens is 214 g/mol. The van der Waals surface area contributed by atoms with E-state index in [9.17, 15) is 0 Å². The zero-order chi connectivity index (χ0) is 10.7. The minimum atomic E-state index is 0.0621. The number of hydrogen-bond donors (Lipinski definition) is 0. The highest BCUT2D eigenvalue weighted by Crippen LogP contribution is 2.17. The number of aromatic nitrogens is 3. The first-order chi connectivity index (χ1) is 7.24. The lowest BCUT2D eigenvalue weighted by Crippen LogP contribution is -1.93.